The molecule has 0 radical (unpaired) electrons. The van der Waals surface area contributed by atoms with Gasteiger partial charge in [0.2, 0.25) is 5.43 Å². The minimum Gasteiger partial charge on any atom is -0.480 e. The molecule has 2 unspecified atom stereocenters. The van der Waals surface area contributed by atoms with Crippen molar-refractivity contribution >= 4 is 28.9 Å². The number of carbonyl (C=O) groups excluding carboxylic acids is 2. The Hall–Kier alpha value is -4.68. The van der Waals surface area contributed by atoms with E-state index in [1.165, 1.54) is 6.20 Å². The van der Waals surface area contributed by atoms with E-state index in [2.05, 4.69) is 26.6 Å². The van der Waals surface area contributed by atoms with Crippen LogP contribution in [0, 0.1) is 0 Å². The summed E-state index contributed by atoms with van der Waals surface area (Å²) in [6.45, 7) is 3.44. The van der Waals surface area contributed by atoms with E-state index >= 15 is 0 Å². The number of pyridine rings is 1. The Kier molecular flexibility index (Phi) is 11.3. The molecule has 1 aromatic heterocycles. The van der Waals surface area contributed by atoms with Crippen LogP contribution in [0.5, 0.6) is 0 Å². The highest BCUT2D eigenvalue weighted by Crippen LogP contribution is 2.16. The fraction of sp³-hybridized carbons (Fsp3) is 0.355. The number of carboxylic acid groups (broad SMARTS) is 1. The predicted molar refractivity (Wildman–Crippen MR) is 162 cm³/mol. The largest absolute Gasteiger partial charge is 0.480 e. The number of hydrogen-bond acceptors (Lipinski definition) is 8. The van der Waals surface area contributed by atoms with Gasteiger partial charge < -0.3 is 30.4 Å². The topological polar surface area (TPSA) is 163 Å². The number of nitrogens with one attached hydrogen (secondary N) is 5. The van der Waals surface area contributed by atoms with Crippen LogP contribution < -0.4 is 32.0 Å². The van der Waals surface area contributed by atoms with E-state index in [1.54, 1.807) is 6.07 Å². The van der Waals surface area contributed by atoms with Crippen molar-refractivity contribution in [1.29, 1.82) is 0 Å². The number of hydrogen-bond donors (Lipinski definition) is 6. The van der Waals surface area contributed by atoms with Crippen LogP contribution >= 0.6 is 0 Å². The Labute approximate surface area is 249 Å². The highest BCUT2D eigenvalue weighted by atomic mass is 16.5. The summed E-state index contributed by atoms with van der Waals surface area (Å²) in [5.41, 5.74) is 2.14. The molecule has 1 aliphatic rings. The lowest BCUT2D eigenvalue weighted by Crippen LogP contribution is -2.52. The molecular weight excluding hydrogens is 552 g/mol. The lowest BCUT2D eigenvalue weighted by Gasteiger charge is -2.23. The summed E-state index contributed by atoms with van der Waals surface area (Å²) in [5.74, 6) is -2.08. The summed E-state index contributed by atoms with van der Waals surface area (Å²) in [5, 5.41) is 24.5. The Morgan fingerprint density at radius 3 is 2.67 bits per heavy atom. The highest BCUT2D eigenvalue weighted by Gasteiger charge is 2.23. The lowest BCUT2D eigenvalue weighted by molar-refractivity contribution is -0.139. The molecule has 12 heteroatoms. The van der Waals surface area contributed by atoms with Crippen molar-refractivity contribution in [1.82, 2.24) is 31.2 Å². The summed E-state index contributed by atoms with van der Waals surface area (Å²) in [4.78, 5) is 50.4. The minimum absolute atomic E-state index is 0.0886. The van der Waals surface area contributed by atoms with Crippen molar-refractivity contribution < 1.29 is 24.2 Å². The van der Waals surface area contributed by atoms with Crippen molar-refractivity contribution in [3.05, 3.63) is 93.9 Å². The smallest absolute Gasteiger partial charge is 0.407 e. The molecule has 0 saturated heterocycles. The number of unbranched alkanes of at least 4 members (excludes halogenated alkanes) is 1. The van der Waals surface area contributed by atoms with Gasteiger partial charge in [-0.15, -0.1) is 0 Å². The summed E-state index contributed by atoms with van der Waals surface area (Å²) >= 11 is 0. The van der Waals surface area contributed by atoms with Crippen LogP contribution in [0.15, 0.2) is 71.8 Å². The van der Waals surface area contributed by atoms with Crippen molar-refractivity contribution in [2.24, 2.45) is 0 Å². The Balaban J connectivity index is 1.55. The number of alkyl carbamates (subject to hydrolysis) is 1. The number of amides is 2. The first-order chi connectivity index (χ1) is 20.9. The second-order valence-electron chi connectivity index (χ2n) is 10.2. The molecule has 228 valence electrons. The number of nitrogens with zero attached hydrogens (tertiary/aromatic N) is 1. The average Bonchev–Trinajstić information content (AvgIpc) is 3.02. The SMILES string of the molecule is CCCCOC(=O)NC(CNC(=O)c1cn(CCc2ccccc2)c2cc(CNC3NC=CCN3)ccc2c1=O)C(=O)O. The quantitative estimate of drug-likeness (QED) is 0.154. The Bertz CT molecular complexity index is 1510. The molecule has 3 aromatic rings. The highest BCUT2D eigenvalue weighted by molar-refractivity contribution is 5.97. The van der Waals surface area contributed by atoms with Gasteiger partial charge in [-0.05, 0) is 42.3 Å². The van der Waals surface area contributed by atoms with E-state index in [-0.39, 0.29) is 18.5 Å². The van der Waals surface area contributed by atoms with E-state index in [0.717, 1.165) is 24.1 Å². The Morgan fingerprint density at radius 1 is 1.14 bits per heavy atom. The molecule has 2 amide bonds. The maximum Gasteiger partial charge on any atom is 0.407 e. The van der Waals surface area contributed by atoms with Crippen LogP contribution in [0.2, 0.25) is 0 Å². The van der Waals surface area contributed by atoms with Crippen molar-refractivity contribution in [3.8, 4) is 0 Å². The van der Waals surface area contributed by atoms with Crippen molar-refractivity contribution in [2.45, 2.75) is 51.6 Å². The van der Waals surface area contributed by atoms with Crippen molar-refractivity contribution in [3.63, 3.8) is 0 Å². The van der Waals surface area contributed by atoms with E-state index < -0.39 is 36.0 Å². The molecule has 0 spiro atoms. The van der Waals surface area contributed by atoms with Gasteiger partial charge in [-0.2, -0.15) is 0 Å². The molecule has 0 saturated carbocycles. The number of carbonyl (C=O) groups is 3. The zero-order chi connectivity index (χ0) is 30.6. The number of aryl methyl sites for hydroxylation is 2. The number of carboxylic acids is 1. The number of fused-ring (bicyclic) bond motifs is 1. The number of ether oxygens (including phenoxy) is 1. The van der Waals surface area contributed by atoms with Gasteiger partial charge in [0.05, 0.1) is 12.1 Å². The van der Waals surface area contributed by atoms with E-state index in [1.807, 2.05) is 66.2 Å². The average molecular weight is 591 g/mol. The fourth-order valence-electron chi connectivity index (χ4n) is 4.59. The number of aliphatic carboxylic acids is 1. The maximum absolute atomic E-state index is 13.5. The van der Waals surface area contributed by atoms with Gasteiger partial charge in [-0.3, -0.25) is 20.2 Å². The van der Waals surface area contributed by atoms with Gasteiger partial charge in [-0.1, -0.05) is 55.8 Å². The van der Waals surface area contributed by atoms with E-state index in [9.17, 15) is 24.3 Å². The van der Waals surface area contributed by atoms with Crippen LogP contribution in [0.25, 0.3) is 10.9 Å². The van der Waals surface area contributed by atoms with Gasteiger partial charge in [0.15, 0.2) is 0 Å². The lowest BCUT2D eigenvalue weighted by atomic mass is 10.1. The molecule has 2 atom stereocenters. The van der Waals surface area contributed by atoms with Gasteiger partial charge in [0, 0.05) is 37.8 Å². The second kappa shape index (κ2) is 15.5. The van der Waals surface area contributed by atoms with E-state index in [0.29, 0.717) is 36.8 Å². The normalized spacial score (nSPS) is 15.0. The first-order valence-electron chi connectivity index (χ1n) is 14.4. The molecule has 0 bridgehead atoms. The minimum atomic E-state index is -1.43. The summed E-state index contributed by atoms with van der Waals surface area (Å²) < 4.78 is 6.84. The Morgan fingerprint density at radius 2 is 1.95 bits per heavy atom. The van der Waals surface area contributed by atoms with Crippen LogP contribution in [0.1, 0.15) is 41.3 Å². The zero-order valence-corrected chi connectivity index (χ0v) is 24.1. The number of benzene rings is 2. The zero-order valence-electron chi connectivity index (χ0n) is 24.1. The van der Waals surface area contributed by atoms with Crippen LogP contribution in [0.3, 0.4) is 0 Å². The maximum atomic E-state index is 13.5. The predicted octanol–water partition coefficient (Wildman–Crippen LogP) is 2.03. The third kappa shape index (κ3) is 8.90. The molecular formula is C31H38N6O6. The molecule has 4 rings (SSSR count). The van der Waals surface area contributed by atoms with Gasteiger partial charge in [0.25, 0.3) is 5.91 Å². The van der Waals surface area contributed by atoms with Gasteiger partial charge >= 0.3 is 12.1 Å². The first kappa shape index (κ1) is 31.3. The molecule has 0 aliphatic carbocycles. The van der Waals surface area contributed by atoms with Crippen LogP contribution in [0.4, 0.5) is 4.79 Å². The molecule has 1 aliphatic heterocycles. The van der Waals surface area contributed by atoms with Crippen molar-refractivity contribution in [2.75, 3.05) is 19.7 Å². The molecule has 0 fully saturated rings. The standard InChI is InChI=1S/C31H38N6O6/c1-2-3-16-43-31(42)36-25(29(40)41)19-34-28(39)24-20-37(15-12-21-8-5-4-6-9-21)26-17-22(10-11-23(26)27(24)38)18-35-30-32-13-7-14-33-30/h4-11,13,17,20,25,30,32-33,35H,2-3,12,14-16,18-19H2,1H3,(H,34,39)(H,36,42)(H,40,41). The molecule has 2 heterocycles. The first-order valence-corrected chi connectivity index (χ1v) is 14.4. The molecule has 2 aromatic carbocycles. The second-order valence-corrected chi connectivity index (χ2v) is 10.2. The third-order valence-electron chi connectivity index (χ3n) is 6.99. The molecule has 6 N–H and O–H groups in total. The fourth-order valence-corrected chi connectivity index (χ4v) is 4.59. The summed E-state index contributed by atoms with van der Waals surface area (Å²) in [7, 11) is 0. The van der Waals surface area contributed by atoms with E-state index in [4.69, 9.17) is 4.74 Å². The number of rotatable bonds is 14. The monoisotopic (exact) mass is 590 g/mol. The summed E-state index contributed by atoms with van der Waals surface area (Å²) in [6, 6.07) is 13.9. The molecule has 12 nitrogen and oxygen atoms in total. The van der Waals surface area contributed by atoms with Crippen LogP contribution in [-0.4, -0.2) is 59.7 Å². The van der Waals surface area contributed by atoms with Gasteiger partial charge in [-0.25, -0.2) is 9.59 Å². The third-order valence-corrected chi connectivity index (χ3v) is 6.99. The summed E-state index contributed by atoms with van der Waals surface area (Å²) in [6.07, 6.45) is 6.52. The number of aromatic nitrogens is 1. The van der Waals surface area contributed by atoms with Gasteiger partial charge in [0.1, 0.15) is 17.9 Å². The van der Waals surface area contributed by atoms with Crippen LogP contribution in [-0.2, 0) is 29.0 Å². The molecule has 43 heavy (non-hydrogen) atoms.